The minimum Gasteiger partial charge on any atom is -0.350 e. The van der Waals surface area contributed by atoms with Gasteiger partial charge in [0.05, 0.1) is 5.69 Å². The van der Waals surface area contributed by atoms with Crippen molar-refractivity contribution in [3.05, 3.63) is 42.1 Å². The van der Waals surface area contributed by atoms with Gasteiger partial charge in [0.2, 0.25) is 0 Å². The number of amides is 1. The topological polar surface area (TPSA) is 46.9 Å². The Morgan fingerprint density at radius 1 is 1.23 bits per heavy atom. The van der Waals surface area contributed by atoms with Crippen LogP contribution in [0.25, 0.3) is 11.3 Å². The first kappa shape index (κ1) is 14.8. The minimum absolute atomic E-state index is 0.0252. The van der Waals surface area contributed by atoms with Crippen LogP contribution in [0.4, 0.5) is 0 Å². The Morgan fingerprint density at radius 2 is 1.95 bits per heavy atom. The molecule has 2 aromatic rings. The first-order chi connectivity index (χ1) is 10.7. The van der Waals surface area contributed by atoms with Crippen LogP contribution in [0, 0.1) is 5.92 Å². The van der Waals surface area contributed by atoms with Gasteiger partial charge in [-0.1, -0.05) is 49.6 Å². The number of carbonyl (C=O) groups is 1. The lowest BCUT2D eigenvalue weighted by Gasteiger charge is -2.21. The molecule has 1 N–H and O–H groups in total. The van der Waals surface area contributed by atoms with Crippen LogP contribution >= 0.6 is 0 Å². The Bertz CT molecular complexity index is 627. The summed E-state index contributed by atoms with van der Waals surface area (Å²) in [6, 6.07) is 11.8. The number of nitrogens with one attached hydrogen (secondary N) is 1. The third-order valence-electron chi connectivity index (χ3n) is 4.46. The molecule has 1 aliphatic rings. The van der Waals surface area contributed by atoms with Crippen molar-refractivity contribution in [2.75, 3.05) is 6.54 Å². The van der Waals surface area contributed by atoms with Crippen molar-refractivity contribution in [3.63, 3.8) is 0 Å². The average Bonchev–Trinajstić information content (AvgIpc) is 2.96. The molecule has 1 heterocycles. The summed E-state index contributed by atoms with van der Waals surface area (Å²) in [5.74, 6) is 0.613. The molecule has 4 heteroatoms. The first-order valence-corrected chi connectivity index (χ1v) is 8.11. The van der Waals surface area contributed by atoms with Gasteiger partial charge in [0.1, 0.15) is 5.69 Å². The van der Waals surface area contributed by atoms with Crippen LogP contribution in [-0.2, 0) is 7.05 Å². The van der Waals surface area contributed by atoms with E-state index in [-0.39, 0.29) is 5.91 Å². The van der Waals surface area contributed by atoms with Gasteiger partial charge < -0.3 is 5.32 Å². The fourth-order valence-electron chi connectivity index (χ4n) is 3.15. The lowest BCUT2D eigenvalue weighted by Crippen LogP contribution is -2.31. The normalized spacial score (nSPS) is 15.7. The third-order valence-corrected chi connectivity index (χ3v) is 4.46. The lowest BCUT2D eigenvalue weighted by molar-refractivity contribution is 0.0934. The zero-order valence-corrected chi connectivity index (χ0v) is 13.1. The fraction of sp³-hybridized carbons (Fsp3) is 0.444. The molecule has 1 amide bonds. The number of hydrogen-bond acceptors (Lipinski definition) is 2. The summed E-state index contributed by atoms with van der Waals surface area (Å²) in [7, 11) is 1.82. The number of rotatable bonds is 4. The van der Waals surface area contributed by atoms with E-state index in [0.717, 1.165) is 17.8 Å². The van der Waals surface area contributed by atoms with E-state index >= 15 is 0 Å². The maximum Gasteiger partial charge on any atom is 0.269 e. The fourth-order valence-corrected chi connectivity index (χ4v) is 3.15. The largest absolute Gasteiger partial charge is 0.350 e. The SMILES string of the molecule is Cn1nc(-c2ccccc2)cc1C(=O)NCC1CCCCC1. The van der Waals surface area contributed by atoms with E-state index in [1.807, 2.05) is 43.4 Å². The number of aromatic nitrogens is 2. The molecule has 0 atom stereocenters. The number of carbonyl (C=O) groups excluding carboxylic acids is 1. The van der Waals surface area contributed by atoms with Gasteiger partial charge in [0.25, 0.3) is 5.91 Å². The highest BCUT2D eigenvalue weighted by Gasteiger charge is 2.17. The first-order valence-electron chi connectivity index (χ1n) is 8.11. The number of benzene rings is 1. The molecule has 116 valence electrons. The molecule has 0 saturated heterocycles. The molecule has 1 aromatic carbocycles. The van der Waals surface area contributed by atoms with Gasteiger partial charge in [-0.2, -0.15) is 5.10 Å². The Labute approximate surface area is 131 Å². The molecule has 3 rings (SSSR count). The molecule has 22 heavy (non-hydrogen) atoms. The molecule has 0 spiro atoms. The highest BCUT2D eigenvalue weighted by atomic mass is 16.2. The van der Waals surface area contributed by atoms with Crippen LogP contribution in [0.1, 0.15) is 42.6 Å². The van der Waals surface area contributed by atoms with E-state index in [0.29, 0.717) is 11.6 Å². The molecule has 0 aliphatic heterocycles. The van der Waals surface area contributed by atoms with Gasteiger partial charge in [0.15, 0.2) is 0 Å². The summed E-state index contributed by atoms with van der Waals surface area (Å²) in [5.41, 5.74) is 2.49. The Hall–Kier alpha value is -2.10. The highest BCUT2D eigenvalue weighted by molar-refractivity contribution is 5.93. The van der Waals surface area contributed by atoms with Gasteiger partial charge in [-0.3, -0.25) is 9.48 Å². The smallest absolute Gasteiger partial charge is 0.269 e. The van der Waals surface area contributed by atoms with Crippen LogP contribution < -0.4 is 5.32 Å². The Morgan fingerprint density at radius 3 is 2.68 bits per heavy atom. The van der Waals surface area contributed by atoms with E-state index in [1.165, 1.54) is 32.1 Å². The summed E-state index contributed by atoms with van der Waals surface area (Å²) in [6.45, 7) is 0.782. The zero-order chi connectivity index (χ0) is 15.4. The summed E-state index contributed by atoms with van der Waals surface area (Å²) < 4.78 is 1.67. The van der Waals surface area contributed by atoms with Crippen molar-refractivity contribution in [1.29, 1.82) is 0 Å². The summed E-state index contributed by atoms with van der Waals surface area (Å²) in [5, 5.41) is 7.53. The van der Waals surface area contributed by atoms with Crippen LogP contribution in [0.5, 0.6) is 0 Å². The molecule has 1 aliphatic carbocycles. The van der Waals surface area contributed by atoms with Gasteiger partial charge >= 0.3 is 0 Å². The second-order valence-electron chi connectivity index (χ2n) is 6.12. The highest BCUT2D eigenvalue weighted by Crippen LogP contribution is 2.23. The molecule has 0 unspecified atom stereocenters. The molecule has 1 fully saturated rings. The Kier molecular flexibility index (Phi) is 4.56. The van der Waals surface area contributed by atoms with Crippen LogP contribution in [0.3, 0.4) is 0 Å². The molecule has 0 bridgehead atoms. The van der Waals surface area contributed by atoms with Gasteiger partial charge in [-0.25, -0.2) is 0 Å². The summed E-state index contributed by atoms with van der Waals surface area (Å²) in [6.07, 6.45) is 6.41. The van der Waals surface area contributed by atoms with E-state index in [2.05, 4.69) is 10.4 Å². The quantitative estimate of drug-likeness (QED) is 0.940. The monoisotopic (exact) mass is 297 g/mol. The van der Waals surface area contributed by atoms with Gasteiger partial charge in [-0.05, 0) is 24.8 Å². The molecule has 1 saturated carbocycles. The minimum atomic E-state index is -0.0252. The summed E-state index contributed by atoms with van der Waals surface area (Å²) >= 11 is 0. The molecular weight excluding hydrogens is 274 g/mol. The van der Waals surface area contributed by atoms with Crippen LogP contribution in [-0.4, -0.2) is 22.2 Å². The number of hydrogen-bond donors (Lipinski definition) is 1. The molecule has 1 aromatic heterocycles. The predicted octanol–water partition coefficient (Wildman–Crippen LogP) is 3.40. The van der Waals surface area contributed by atoms with E-state index in [9.17, 15) is 4.79 Å². The zero-order valence-electron chi connectivity index (χ0n) is 13.1. The van der Waals surface area contributed by atoms with Crippen molar-refractivity contribution >= 4 is 5.91 Å². The maximum atomic E-state index is 12.4. The van der Waals surface area contributed by atoms with Gasteiger partial charge in [0, 0.05) is 19.2 Å². The number of nitrogens with zero attached hydrogens (tertiary/aromatic N) is 2. The van der Waals surface area contributed by atoms with Crippen molar-refractivity contribution < 1.29 is 4.79 Å². The Balaban J connectivity index is 1.66. The predicted molar refractivity (Wildman–Crippen MR) is 87.6 cm³/mol. The van der Waals surface area contributed by atoms with Crippen LogP contribution in [0.15, 0.2) is 36.4 Å². The number of aryl methyl sites for hydroxylation is 1. The van der Waals surface area contributed by atoms with Crippen molar-refractivity contribution in [3.8, 4) is 11.3 Å². The van der Waals surface area contributed by atoms with E-state index < -0.39 is 0 Å². The van der Waals surface area contributed by atoms with Crippen molar-refractivity contribution in [1.82, 2.24) is 15.1 Å². The lowest BCUT2D eigenvalue weighted by atomic mass is 9.89. The molecular formula is C18H23N3O. The van der Waals surface area contributed by atoms with E-state index in [4.69, 9.17) is 0 Å². The summed E-state index contributed by atoms with van der Waals surface area (Å²) in [4.78, 5) is 12.4. The standard InChI is InChI=1S/C18H23N3O/c1-21-17(12-16(20-21)15-10-6-3-7-11-15)18(22)19-13-14-8-4-2-5-9-14/h3,6-7,10-12,14H,2,4-5,8-9,13H2,1H3,(H,19,22). The second kappa shape index (κ2) is 6.77. The van der Waals surface area contributed by atoms with Crippen molar-refractivity contribution in [2.45, 2.75) is 32.1 Å². The van der Waals surface area contributed by atoms with Crippen LogP contribution in [0.2, 0.25) is 0 Å². The van der Waals surface area contributed by atoms with Gasteiger partial charge in [-0.15, -0.1) is 0 Å². The molecule has 0 radical (unpaired) electrons. The average molecular weight is 297 g/mol. The third kappa shape index (κ3) is 3.38. The van der Waals surface area contributed by atoms with E-state index in [1.54, 1.807) is 4.68 Å². The van der Waals surface area contributed by atoms with Crippen molar-refractivity contribution in [2.24, 2.45) is 13.0 Å². The maximum absolute atomic E-state index is 12.4. The second-order valence-corrected chi connectivity index (χ2v) is 6.12. The molecule has 4 nitrogen and oxygen atoms in total.